The summed E-state index contributed by atoms with van der Waals surface area (Å²) in [6.07, 6.45) is 1.84. The van der Waals surface area contributed by atoms with E-state index >= 15 is 0 Å². The van der Waals surface area contributed by atoms with Crippen molar-refractivity contribution in [3.8, 4) is 5.75 Å². The maximum absolute atomic E-state index is 11.2. The molecule has 2 unspecified atom stereocenters. The van der Waals surface area contributed by atoms with Crippen molar-refractivity contribution < 1.29 is 9.66 Å². The molecule has 0 saturated carbocycles. The molecule has 1 aliphatic heterocycles. The van der Waals surface area contributed by atoms with Crippen molar-refractivity contribution in [1.29, 1.82) is 0 Å². The van der Waals surface area contributed by atoms with Crippen LogP contribution in [0.15, 0.2) is 18.2 Å². The van der Waals surface area contributed by atoms with Crippen LogP contribution in [0, 0.1) is 16.0 Å². The van der Waals surface area contributed by atoms with Crippen LogP contribution < -0.4 is 15.4 Å². The Labute approximate surface area is 118 Å². The summed E-state index contributed by atoms with van der Waals surface area (Å²) in [5.74, 6) is 1.00. The third-order valence-electron chi connectivity index (χ3n) is 4.04. The van der Waals surface area contributed by atoms with Crippen LogP contribution in [-0.2, 0) is 0 Å². The van der Waals surface area contributed by atoms with Gasteiger partial charge in [-0.3, -0.25) is 10.1 Å². The van der Waals surface area contributed by atoms with Gasteiger partial charge in [-0.05, 0) is 18.4 Å². The summed E-state index contributed by atoms with van der Waals surface area (Å²) in [4.78, 5) is 12.9. The Morgan fingerprint density at radius 2 is 2.30 bits per heavy atom. The van der Waals surface area contributed by atoms with Crippen molar-refractivity contribution in [2.75, 3.05) is 25.1 Å². The van der Waals surface area contributed by atoms with Gasteiger partial charge in [-0.2, -0.15) is 0 Å². The Hall–Kier alpha value is -1.82. The molecular weight excluding hydrogens is 258 g/mol. The second-order valence-electron chi connectivity index (χ2n) is 5.18. The van der Waals surface area contributed by atoms with E-state index in [4.69, 9.17) is 10.5 Å². The standard InChI is InChI=1S/C14H21N3O3/c1-3-10-9-16(7-6-12(10)15)14-8-11(20-2)4-5-13(14)17(18)19/h4-5,8,10,12H,3,6-7,9,15H2,1-2H3. The van der Waals surface area contributed by atoms with E-state index in [2.05, 4.69) is 11.8 Å². The van der Waals surface area contributed by atoms with Crippen LogP contribution in [-0.4, -0.2) is 31.2 Å². The fraction of sp³-hybridized carbons (Fsp3) is 0.571. The first-order valence-electron chi connectivity index (χ1n) is 6.89. The van der Waals surface area contributed by atoms with Crippen molar-refractivity contribution in [2.45, 2.75) is 25.8 Å². The highest BCUT2D eigenvalue weighted by molar-refractivity contribution is 5.66. The highest BCUT2D eigenvalue weighted by atomic mass is 16.6. The van der Waals surface area contributed by atoms with E-state index in [9.17, 15) is 10.1 Å². The number of nitro benzene ring substituents is 1. The van der Waals surface area contributed by atoms with Gasteiger partial charge in [0.2, 0.25) is 0 Å². The number of ether oxygens (including phenoxy) is 1. The molecule has 2 N–H and O–H groups in total. The van der Waals surface area contributed by atoms with E-state index in [0.29, 0.717) is 17.4 Å². The molecule has 110 valence electrons. The van der Waals surface area contributed by atoms with Crippen molar-refractivity contribution in [3.63, 3.8) is 0 Å². The largest absolute Gasteiger partial charge is 0.497 e. The highest BCUT2D eigenvalue weighted by Gasteiger charge is 2.29. The van der Waals surface area contributed by atoms with E-state index in [1.165, 1.54) is 6.07 Å². The Morgan fingerprint density at radius 1 is 1.55 bits per heavy atom. The first kappa shape index (κ1) is 14.6. The summed E-state index contributed by atoms with van der Waals surface area (Å²) in [5.41, 5.74) is 6.84. The van der Waals surface area contributed by atoms with Gasteiger partial charge in [0.15, 0.2) is 0 Å². The van der Waals surface area contributed by atoms with Gasteiger partial charge in [-0.1, -0.05) is 13.3 Å². The molecule has 1 aliphatic rings. The number of hydrogen-bond acceptors (Lipinski definition) is 5. The zero-order valence-corrected chi connectivity index (χ0v) is 11.9. The molecule has 2 rings (SSSR count). The molecule has 20 heavy (non-hydrogen) atoms. The van der Waals surface area contributed by atoms with Crippen LogP contribution in [0.3, 0.4) is 0 Å². The molecule has 0 aromatic heterocycles. The lowest BCUT2D eigenvalue weighted by Crippen LogP contribution is -2.47. The second kappa shape index (κ2) is 6.09. The maximum atomic E-state index is 11.2. The van der Waals surface area contributed by atoms with E-state index < -0.39 is 0 Å². The van der Waals surface area contributed by atoms with Gasteiger partial charge in [0.1, 0.15) is 11.4 Å². The van der Waals surface area contributed by atoms with Gasteiger partial charge in [0.05, 0.1) is 12.0 Å². The van der Waals surface area contributed by atoms with Crippen molar-refractivity contribution >= 4 is 11.4 Å². The third kappa shape index (κ3) is 2.85. The van der Waals surface area contributed by atoms with E-state index in [0.717, 1.165) is 25.9 Å². The van der Waals surface area contributed by atoms with Gasteiger partial charge in [0, 0.05) is 31.3 Å². The molecule has 1 aromatic rings. The van der Waals surface area contributed by atoms with E-state index in [1.54, 1.807) is 19.2 Å². The van der Waals surface area contributed by atoms with Crippen LogP contribution >= 0.6 is 0 Å². The van der Waals surface area contributed by atoms with Crippen LogP contribution in [0.25, 0.3) is 0 Å². The number of piperidine rings is 1. The Bertz CT molecular complexity index is 493. The number of methoxy groups -OCH3 is 1. The quantitative estimate of drug-likeness (QED) is 0.674. The molecule has 0 amide bonds. The molecule has 1 aromatic carbocycles. The summed E-state index contributed by atoms with van der Waals surface area (Å²) in [6.45, 7) is 3.60. The average Bonchev–Trinajstić information content (AvgIpc) is 2.47. The van der Waals surface area contributed by atoms with E-state index in [-0.39, 0.29) is 16.7 Å². The number of hydrogen-bond donors (Lipinski definition) is 1. The molecular formula is C14H21N3O3. The van der Waals surface area contributed by atoms with Crippen LogP contribution in [0.5, 0.6) is 5.75 Å². The minimum atomic E-state index is -0.343. The van der Waals surface area contributed by atoms with Gasteiger partial charge < -0.3 is 15.4 Å². The number of anilines is 1. The monoisotopic (exact) mass is 279 g/mol. The second-order valence-corrected chi connectivity index (χ2v) is 5.18. The van der Waals surface area contributed by atoms with Gasteiger partial charge in [-0.25, -0.2) is 0 Å². The van der Waals surface area contributed by atoms with Crippen molar-refractivity contribution in [3.05, 3.63) is 28.3 Å². The molecule has 0 bridgehead atoms. The summed E-state index contributed by atoms with van der Waals surface area (Å²) in [6, 6.07) is 5.04. The molecule has 0 aliphatic carbocycles. The van der Waals surface area contributed by atoms with Crippen LogP contribution in [0.1, 0.15) is 19.8 Å². The molecule has 1 saturated heterocycles. The number of nitrogens with two attached hydrogens (primary N) is 1. The highest BCUT2D eigenvalue weighted by Crippen LogP contribution is 2.34. The molecule has 0 radical (unpaired) electrons. The number of nitro groups is 1. The topological polar surface area (TPSA) is 81.6 Å². The van der Waals surface area contributed by atoms with Gasteiger partial charge in [-0.15, -0.1) is 0 Å². The Morgan fingerprint density at radius 3 is 2.90 bits per heavy atom. The van der Waals surface area contributed by atoms with Gasteiger partial charge in [0.25, 0.3) is 5.69 Å². The van der Waals surface area contributed by atoms with Crippen molar-refractivity contribution in [2.24, 2.45) is 11.7 Å². The van der Waals surface area contributed by atoms with Gasteiger partial charge >= 0.3 is 0 Å². The smallest absolute Gasteiger partial charge is 0.292 e. The zero-order chi connectivity index (χ0) is 14.7. The summed E-state index contributed by atoms with van der Waals surface area (Å²) in [7, 11) is 1.56. The van der Waals surface area contributed by atoms with E-state index in [1.807, 2.05) is 0 Å². The molecule has 2 atom stereocenters. The first-order valence-corrected chi connectivity index (χ1v) is 6.89. The lowest BCUT2D eigenvalue weighted by Gasteiger charge is -2.37. The molecule has 6 heteroatoms. The van der Waals surface area contributed by atoms with Crippen LogP contribution in [0.4, 0.5) is 11.4 Å². The molecule has 1 fully saturated rings. The third-order valence-corrected chi connectivity index (χ3v) is 4.04. The fourth-order valence-corrected chi connectivity index (χ4v) is 2.74. The minimum Gasteiger partial charge on any atom is -0.497 e. The lowest BCUT2D eigenvalue weighted by atomic mass is 9.90. The predicted molar refractivity (Wildman–Crippen MR) is 78.2 cm³/mol. The molecule has 6 nitrogen and oxygen atoms in total. The fourth-order valence-electron chi connectivity index (χ4n) is 2.74. The SMILES string of the molecule is CCC1CN(c2cc(OC)ccc2[N+](=O)[O-])CCC1N. The summed E-state index contributed by atoms with van der Waals surface area (Å²) in [5, 5.41) is 11.2. The Balaban J connectivity index is 2.32. The predicted octanol–water partition coefficient (Wildman–Crippen LogP) is 2.17. The summed E-state index contributed by atoms with van der Waals surface area (Å²) < 4.78 is 5.18. The maximum Gasteiger partial charge on any atom is 0.292 e. The minimum absolute atomic E-state index is 0.121. The molecule has 1 heterocycles. The molecule has 0 spiro atoms. The normalized spacial score (nSPS) is 22.6. The lowest BCUT2D eigenvalue weighted by molar-refractivity contribution is -0.384. The number of nitrogens with zero attached hydrogens (tertiary/aromatic N) is 2. The Kier molecular flexibility index (Phi) is 4.44. The summed E-state index contributed by atoms with van der Waals surface area (Å²) >= 11 is 0. The average molecular weight is 279 g/mol. The zero-order valence-electron chi connectivity index (χ0n) is 11.9. The number of rotatable bonds is 4. The van der Waals surface area contributed by atoms with Crippen LogP contribution in [0.2, 0.25) is 0 Å². The van der Waals surface area contributed by atoms with Crippen molar-refractivity contribution in [1.82, 2.24) is 0 Å². The first-order chi connectivity index (χ1) is 9.56. The number of benzene rings is 1.